The molecule has 2 fully saturated rings. The summed E-state index contributed by atoms with van der Waals surface area (Å²) in [5.41, 5.74) is 1.94. The van der Waals surface area contributed by atoms with Crippen LogP contribution >= 0.6 is 15.9 Å². The Balaban J connectivity index is 1.49. The number of halogens is 1. The van der Waals surface area contributed by atoms with E-state index in [0.29, 0.717) is 21.8 Å². The Bertz CT molecular complexity index is 1010. The molecule has 0 spiro atoms. The molecular formula is C25H31BrN6O. The van der Waals surface area contributed by atoms with E-state index in [1.54, 1.807) is 6.20 Å². The number of rotatable bonds is 7. The predicted octanol–water partition coefficient (Wildman–Crippen LogP) is 3.74. The number of carbonyl (C=O) groups is 1. The van der Waals surface area contributed by atoms with E-state index in [4.69, 9.17) is 0 Å². The number of Topliss-reactive ketones (excluding diaryl/α,β-unsaturated/α-hetero) is 1. The average Bonchev–Trinajstić information content (AvgIpc) is 3.25. The molecule has 1 aromatic heterocycles. The van der Waals surface area contributed by atoms with E-state index >= 15 is 0 Å². The van der Waals surface area contributed by atoms with E-state index in [1.165, 1.54) is 5.56 Å². The van der Waals surface area contributed by atoms with Crippen molar-refractivity contribution in [2.75, 3.05) is 44.7 Å². The molecule has 0 bridgehead atoms. The maximum Gasteiger partial charge on any atom is 0.234 e. The van der Waals surface area contributed by atoms with Crippen molar-refractivity contribution in [1.82, 2.24) is 19.8 Å². The van der Waals surface area contributed by atoms with E-state index < -0.39 is 0 Å². The highest BCUT2D eigenvalue weighted by molar-refractivity contribution is 9.10. The van der Waals surface area contributed by atoms with Crippen LogP contribution in [0.5, 0.6) is 0 Å². The lowest BCUT2D eigenvalue weighted by Gasteiger charge is -2.33. The normalized spacial score (nSPS) is 21.6. The lowest BCUT2D eigenvalue weighted by atomic mass is 10.0. The lowest BCUT2D eigenvalue weighted by molar-refractivity contribution is 0.0995. The van der Waals surface area contributed by atoms with E-state index in [-0.39, 0.29) is 24.2 Å². The number of nitrogens with zero attached hydrogens (tertiary/aromatic N) is 6. The molecular weight excluding hydrogens is 480 g/mol. The van der Waals surface area contributed by atoms with Crippen LogP contribution in [0.1, 0.15) is 47.9 Å². The van der Waals surface area contributed by atoms with Gasteiger partial charge in [-0.2, -0.15) is 5.26 Å². The van der Waals surface area contributed by atoms with Gasteiger partial charge in [0.15, 0.2) is 5.78 Å². The number of ketones is 1. The summed E-state index contributed by atoms with van der Waals surface area (Å²) < 4.78 is 0.705. The monoisotopic (exact) mass is 510 g/mol. The fraction of sp³-hybridized carbons (Fsp3) is 0.520. The highest BCUT2D eigenvalue weighted by atomic mass is 79.9. The zero-order chi connectivity index (χ0) is 23.4. The highest BCUT2D eigenvalue weighted by Crippen LogP contribution is 2.35. The minimum atomic E-state index is 0.0595. The van der Waals surface area contributed by atoms with Crippen LogP contribution < -0.4 is 4.90 Å². The van der Waals surface area contributed by atoms with E-state index in [0.717, 1.165) is 52.0 Å². The summed E-state index contributed by atoms with van der Waals surface area (Å²) >= 11 is 3.54. The molecule has 2 atom stereocenters. The number of likely N-dealkylation sites (N-methyl/N-ethyl adjacent to an activating group) is 1. The maximum absolute atomic E-state index is 13.3. The molecule has 0 amide bonds. The summed E-state index contributed by atoms with van der Waals surface area (Å²) in [5.74, 6) is 1.25. The first-order chi connectivity index (χ1) is 15.9. The SMILES string of the molecule is C[C@@H]1CCC[C@@H]1N(CC(=O)c1ccc(CN2CCN(C)CC2)cc1)c1nc(C#N)ncc1Br. The number of nitriles is 1. The van der Waals surface area contributed by atoms with Crippen LogP contribution in [0.4, 0.5) is 5.82 Å². The molecule has 0 N–H and O–H groups in total. The zero-order valence-electron chi connectivity index (χ0n) is 19.4. The highest BCUT2D eigenvalue weighted by Gasteiger charge is 2.32. The van der Waals surface area contributed by atoms with Gasteiger partial charge < -0.3 is 9.80 Å². The van der Waals surface area contributed by atoms with Crippen LogP contribution in [0.3, 0.4) is 0 Å². The van der Waals surface area contributed by atoms with Gasteiger partial charge in [-0.1, -0.05) is 37.6 Å². The topological polar surface area (TPSA) is 76.4 Å². The lowest BCUT2D eigenvalue weighted by Crippen LogP contribution is -2.43. The minimum absolute atomic E-state index is 0.0595. The molecule has 7 nitrogen and oxygen atoms in total. The van der Waals surface area contributed by atoms with Gasteiger partial charge in [-0.25, -0.2) is 9.97 Å². The first-order valence-corrected chi connectivity index (χ1v) is 12.5. The Morgan fingerprint density at radius 1 is 1.21 bits per heavy atom. The third-order valence-corrected chi connectivity index (χ3v) is 7.47. The number of piperazine rings is 1. The fourth-order valence-corrected chi connectivity index (χ4v) is 5.28. The Labute approximate surface area is 204 Å². The number of carbonyl (C=O) groups excluding carboxylic acids is 1. The first-order valence-electron chi connectivity index (χ1n) is 11.7. The van der Waals surface area contributed by atoms with Crippen molar-refractivity contribution in [2.45, 2.75) is 38.8 Å². The summed E-state index contributed by atoms with van der Waals surface area (Å²) in [6, 6.07) is 10.3. The zero-order valence-corrected chi connectivity index (χ0v) is 21.0. The van der Waals surface area contributed by atoms with Gasteiger partial charge in [0, 0.05) is 50.5 Å². The van der Waals surface area contributed by atoms with Crippen LogP contribution in [-0.4, -0.2) is 71.4 Å². The van der Waals surface area contributed by atoms with E-state index in [2.05, 4.69) is 66.7 Å². The van der Waals surface area contributed by atoms with Crippen molar-refractivity contribution in [1.29, 1.82) is 5.26 Å². The number of benzene rings is 1. The second-order valence-electron chi connectivity index (χ2n) is 9.28. The van der Waals surface area contributed by atoms with Crippen LogP contribution in [0.15, 0.2) is 34.9 Å². The third kappa shape index (κ3) is 5.78. The Morgan fingerprint density at radius 3 is 2.58 bits per heavy atom. The summed E-state index contributed by atoms with van der Waals surface area (Å²) in [6.07, 6.45) is 4.87. The summed E-state index contributed by atoms with van der Waals surface area (Å²) in [6.45, 7) is 7.71. The van der Waals surface area contributed by atoms with Crippen molar-refractivity contribution < 1.29 is 4.79 Å². The summed E-state index contributed by atoms with van der Waals surface area (Å²) in [7, 11) is 2.16. The van der Waals surface area contributed by atoms with Gasteiger partial charge in [-0.15, -0.1) is 0 Å². The van der Waals surface area contributed by atoms with Crippen molar-refractivity contribution in [2.24, 2.45) is 5.92 Å². The Kier molecular flexibility index (Phi) is 7.74. The van der Waals surface area contributed by atoms with Crippen molar-refractivity contribution >= 4 is 27.5 Å². The number of hydrogen-bond donors (Lipinski definition) is 0. The molecule has 4 rings (SSSR count). The van der Waals surface area contributed by atoms with Gasteiger partial charge in [-0.05, 0) is 47.3 Å². The molecule has 2 aromatic rings. The van der Waals surface area contributed by atoms with Gasteiger partial charge in [0.25, 0.3) is 0 Å². The Hall–Kier alpha value is -2.34. The van der Waals surface area contributed by atoms with E-state index in [9.17, 15) is 10.1 Å². The van der Waals surface area contributed by atoms with Gasteiger partial charge in [0.05, 0.1) is 11.0 Å². The van der Waals surface area contributed by atoms with Crippen molar-refractivity contribution in [3.8, 4) is 6.07 Å². The van der Waals surface area contributed by atoms with Gasteiger partial charge >= 0.3 is 0 Å². The molecule has 1 aliphatic carbocycles. The molecule has 2 aliphatic rings. The molecule has 33 heavy (non-hydrogen) atoms. The molecule has 1 saturated carbocycles. The van der Waals surface area contributed by atoms with Gasteiger partial charge in [0.2, 0.25) is 5.82 Å². The van der Waals surface area contributed by atoms with Gasteiger partial charge in [-0.3, -0.25) is 9.69 Å². The van der Waals surface area contributed by atoms with Crippen molar-refractivity contribution in [3.63, 3.8) is 0 Å². The number of hydrogen-bond acceptors (Lipinski definition) is 7. The van der Waals surface area contributed by atoms with Crippen LogP contribution in [0.25, 0.3) is 0 Å². The van der Waals surface area contributed by atoms with Crippen LogP contribution in [-0.2, 0) is 6.54 Å². The molecule has 174 valence electrons. The third-order valence-electron chi connectivity index (χ3n) is 6.91. The van der Waals surface area contributed by atoms with Gasteiger partial charge in [0.1, 0.15) is 11.9 Å². The smallest absolute Gasteiger partial charge is 0.234 e. The summed E-state index contributed by atoms with van der Waals surface area (Å²) in [5, 5.41) is 9.29. The van der Waals surface area contributed by atoms with Crippen LogP contribution in [0.2, 0.25) is 0 Å². The molecule has 1 saturated heterocycles. The average molecular weight is 511 g/mol. The molecule has 1 aliphatic heterocycles. The predicted molar refractivity (Wildman–Crippen MR) is 132 cm³/mol. The molecule has 0 radical (unpaired) electrons. The molecule has 0 unspecified atom stereocenters. The molecule has 2 heterocycles. The van der Waals surface area contributed by atoms with Crippen LogP contribution in [0, 0.1) is 17.2 Å². The largest absolute Gasteiger partial charge is 0.345 e. The molecule has 8 heteroatoms. The summed E-state index contributed by atoms with van der Waals surface area (Å²) in [4.78, 5) is 28.7. The minimum Gasteiger partial charge on any atom is -0.345 e. The van der Waals surface area contributed by atoms with E-state index in [1.807, 2.05) is 18.2 Å². The Morgan fingerprint density at radius 2 is 1.94 bits per heavy atom. The second-order valence-corrected chi connectivity index (χ2v) is 10.1. The van der Waals surface area contributed by atoms with Crippen molar-refractivity contribution in [3.05, 3.63) is 51.9 Å². The standard InChI is InChI=1S/C25H31BrN6O/c1-18-4-3-5-22(18)32(25-21(26)15-28-24(14-27)29-25)17-23(33)20-8-6-19(7-9-20)16-31-12-10-30(2)11-13-31/h6-9,15,18,22H,3-5,10-13,16-17H2,1-2H3/t18-,22+/m1/s1. The first kappa shape index (κ1) is 23.8. The number of aromatic nitrogens is 2. The number of anilines is 1. The maximum atomic E-state index is 13.3. The fourth-order valence-electron chi connectivity index (χ4n) is 4.86. The quantitative estimate of drug-likeness (QED) is 0.525. The molecule has 1 aromatic carbocycles. The second kappa shape index (κ2) is 10.7.